The van der Waals surface area contributed by atoms with E-state index in [1.165, 1.54) is 24.2 Å². The van der Waals surface area contributed by atoms with E-state index in [0.29, 0.717) is 11.0 Å². The maximum absolute atomic E-state index is 9.45. The number of aliphatic hydroxyl groups is 1. The summed E-state index contributed by atoms with van der Waals surface area (Å²) in [5.74, 6) is 0.531. The Morgan fingerprint density at radius 3 is 2.33 bits per heavy atom. The first-order chi connectivity index (χ1) is 13.0. The van der Waals surface area contributed by atoms with Crippen LogP contribution in [0.1, 0.15) is 65.0 Å². The summed E-state index contributed by atoms with van der Waals surface area (Å²) in [5, 5.41) is 13.1. The van der Waals surface area contributed by atoms with Gasteiger partial charge in [-0.25, -0.2) is 4.98 Å². The number of aromatic nitrogens is 1. The van der Waals surface area contributed by atoms with Gasteiger partial charge in [0.2, 0.25) is 0 Å². The number of nitrogens with two attached hydrogens (primary N) is 2. The average molecular weight is 398 g/mol. The molecule has 0 saturated carbocycles. The van der Waals surface area contributed by atoms with Gasteiger partial charge in [-0.2, -0.15) is 0 Å². The van der Waals surface area contributed by atoms with Crippen molar-refractivity contribution in [1.29, 1.82) is 0 Å². The lowest BCUT2D eigenvalue weighted by Crippen LogP contribution is -2.31. The SMILES string of the molecule is CC.CCC.CCCCNC(N)=NC.NCC(O)c1nc2ccccc2s1. The Labute approximate surface area is 169 Å². The van der Waals surface area contributed by atoms with E-state index in [-0.39, 0.29) is 6.54 Å². The van der Waals surface area contributed by atoms with Crippen molar-refractivity contribution in [2.45, 2.75) is 60.0 Å². The molecule has 0 bridgehead atoms. The molecule has 2 aromatic rings. The Kier molecular flexibility index (Phi) is 19.4. The van der Waals surface area contributed by atoms with Gasteiger partial charge >= 0.3 is 0 Å². The summed E-state index contributed by atoms with van der Waals surface area (Å²) in [7, 11) is 1.67. The van der Waals surface area contributed by atoms with E-state index in [1.54, 1.807) is 7.05 Å². The van der Waals surface area contributed by atoms with Crippen molar-refractivity contribution in [2.75, 3.05) is 20.1 Å². The van der Waals surface area contributed by atoms with Crippen LogP contribution in [0.15, 0.2) is 29.3 Å². The molecule has 0 aliphatic heterocycles. The van der Waals surface area contributed by atoms with Crippen LogP contribution in [0.5, 0.6) is 0 Å². The van der Waals surface area contributed by atoms with Crippen LogP contribution in [0.4, 0.5) is 0 Å². The van der Waals surface area contributed by atoms with E-state index in [1.807, 2.05) is 38.1 Å². The monoisotopic (exact) mass is 397 g/mol. The van der Waals surface area contributed by atoms with Crippen LogP contribution >= 0.6 is 11.3 Å². The second-order valence-corrected chi connectivity index (χ2v) is 6.43. The molecule has 1 aromatic heterocycles. The van der Waals surface area contributed by atoms with Gasteiger partial charge in [0.05, 0.1) is 10.2 Å². The molecule has 0 spiro atoms. The summed E-state index contributed by atoms with van der Waals surface area (Å²) in [5.41, 5.74) is 11.6. The molecule has 0 aliphatic rings. The maximum Gasteiger partial charge on any atom is 0.188 e. The number of thiazole rings is 1. The number of aliphatic imine (C=N–C) groups is 1. The average Bonchev–Trinajstić information content (AvgIpc) is 3.14. The van der Waals surface area contributed by atoms with Gasteiger partial charge in [0.1, 0.15) is 11.1 Å². The molecule has 0 aliphatic carbocycles. The summed E-state index contributed by atoms with van der Waals surface area (Å²) in [6.45, 7) is 11.5. The molecular formula is C20H39N5OS. The third-order valence-corrected chi connectivity index (χ3v) is 4.03. The van der Waals surface area contributed by atoms with Crippen LogP contribution in [0, 0.1) is 0 Å². The Balaban J connectivity index is 0. The highest BCUT2D eigenvalue weighted by molar-refractivity contribution is 7.18. The van der Waals surface area contributed by atoms with Gasteiger partial charge in [0.25, 0.3) is 0 Å². The normalized spacial score (nSPS) is 11.2. The van der Waals surface area contributed by atoms with Crippen molar-refractivity contribution in [3.63, 3.8) is 0 Å². The first kappa shape index (κ1) is 27.5. The zero-order valence-electron chi connectivity index (χ0n) is 17.8. The molecule has 6 nitrogen and oxygen atoms in total. The van der Waals surface area contributed by atoms with Crippen LogP contribution in [0.25, 0.3) is 10.2 Å². The summed E-state index contributed by atoms with van der Waals surface area (Å²) in [4.78, 5) is 8.02. The highest BCUT2D eigenvalue weighted by Gasteiger charge is 2.10. The topological polar surface area (TPSA) is 110 Å². The number of unbranched alkanes of at least 4 members (excludes halogenated alkanes) is 1. The summed E-state index contributed by atoms with van der Waals surface area (Å²) in [6.07, 6.45) is 2.96. The quantitative estimate of drug-likeness (QED) is 0.346. The molecule has 7 heteroatoms. The van der Waals surface area contributed by atoms with E-state index >= 15 is 0 Å². The smallest absolute Gasteiger partial charge is 0.188 e. The molecule has 2 rings (SSSR count). The van der Waals surface area contributed by atoms with Gasteiger partial charge in [0.15, 0.2) is 5.96 Å². The Hall–Kier alpha value is -1.70. The van der Waals surface area contributed by atoms with Crippen molar-refractivity contribution in [3.05, 3.63) is 29.3 Å². The Morgan fingerprint density at radius 2 is 1.85 bits per heavy atom. The van der Waals surface area contributed by atoms with Crippen LogP contribution in [-0.2, 0) is 0 Å². The van der Waals surface area contributed by atoms with Crippen LogP contribution in [0.3, 0.4) is 0 Å². The molecule has 1 atom stereocenters. The van der Waals surface area contributed by atoms with E-state index in [4.69, 9.17) is 11.5 Å². The number of aliphatic hydroxyl groups excluding tert-OH is 1. The van der Waals surface area contributed by atoms with Crippen molar-refractivity contribution >= 4 is 27.5 Å². The van der Waals surface area contributed by atoms with Crippen LogP contribution in [0.2, 0.25) is 0 Å². The first-order valence-corrected chi connectivity index (χ1v) is 10.5. The molecule has 0 amide bonds. The fourth-order valence-corrected chi connectivity index (χ4v) is 2.57. The van der Waals surface area contributed by atoms with Gasteiger partial charge in [-0.3, -0.25) is 4.99 Å². The largest absolute Gasteiger partial charge is 0.385 e. The number of para-hydroxylation sites is 1. The number of hydrogen-bond donors (Lipinski definition) is 4. The number of fused-ring (bicyclic) bond motifs is 1. The minimum atomic E-state index is -0.627. The fraction of sp³-hybridized carbons (Fsp3) is 0.600. The summed E-state index contributed by atoms with van der Waals surface area (Å²) in [6, 6.07) is 7.80. The van der Waals surface area contributed by atoms with Crippen LogP contribution < -0.4 is 16.8 Å². The summed E-state index contributed by atoms with van der Waals surface area (Å²) < 4.78 is 1.09. The number of nitrogens with zero attached hydrogens (tertiary/aromatic N) is 2. The molecule has 1 aromatic carbocycles. The lowest BCUT2D eigenvalue weighted by Gasteiger charge is -2.01. The second kappa shape index (κ2) is 19.1. The van der Waals surface area contributed by atoms with Crippen molar-refractivity contribution in [2.24, 2.45) is 16.5 Å². The maximum atomic E-state index is 9.45. The Morgan fingerprint density at radius 1 is 1.26 bits per heavy atom. The molecule has 0 saturated heterocycles. The predicted molar refractivity (Wildman–Crippen MR) is 121 cm³/mol. The molecule has 1 unspecified atom stereocenters. The lowest BCUT2D eigenvalue weighted by atomic mass is 10.3. The number of hydrogen-bond acceptors (Lipinski definition) is 5. The Bertz CT molecular complexity index is 568. The van der Waals surface area contributed by atoms with Crippen molar-refractivity contribution in [3.8, 4) is 0 Å². The molecule has 27 heavy (non-hydrogen) atoms. The second-order valence-electron chi connectivity index (χ2n) is 5.37. The zero-order valence-corrected chi connectivity index (χ0v) is 18.6. The van der Waals surface area contributed by atoms with E-state index < -0.39 is 6.10 Å². The fourth-order valence-electron chi connectivity index (χ4n) is 1.61. The van der Waals surface area contributed by atoms with Gasteiger partial charge in [-0.05, 0) is 18.6 Å². The minimum Gasteiger partial charge on any atom is -0.385 e. The van der Waals surface area contributed by atoms with Gasteiger partial charge in [-0.1, -0.05) is 59.6 Å². The van der Waals surface area contributed by atoms with Crippen molar-refractivity contribution < 1.29 is 5.11 Å². The number of guanidine groups is 1. The van der Waals surface area contributed by atoms with Crippen molar-refractivity contribution in [1.82, 2.24) is 10.3 Å². The third kappa shape index (κ3) is 13.2. The summed E-state index contributed by atoms with van der Waals surface area (Å²) >= 11 is 1.49. The highest BCUT2D eigenvalue weighted by atomic mass is 32.1. The number of rotatable bonds is 5. The van der Waals surface area contributed by atoms with E-state index in [2.05, 4.69) is 36.1 Å². The lowest BCUT2D eigenvalue weighted by molar-refractivity contribution is 0.186. The molecular weight excluding hydrogens is 358 g/mol. The van der Waals surface area contributed by atoms with Gasteiger partial charge in [-0.15, -0.1) is 11.3 Å². The molecule has 6 N–H and O–H groups in total. The number of benzene rings is 1. The third-order valence-electron chi connectivity index (χ3n) is 2.90. The zero-order chi connectivity index (χ0) is 21.1. The van der Waals surface area contributed by atoms with E-state index in [9.17, 15) is 5.11 Å². The van der Waals surface area contributed by atoms with Gasteiger partial charge in [0, 0.05) is 20.1 Å². The van der Waals surface area contributed by atoms with Crippen LogP contribution in [-0.4, -0.2) is 36.2 Å². The predicted octanol–water partition coefficient (Wildman–Crippen LogP) is 4.05. The standard InChI is InChI=1S/C9H10N2OS.C6H15N3.C3H8.C2H6/c10-5-7(12)9-11-6-3-1-2-4-8(6)13-9;1-3-4-5-9-6(7)8-2;1-3-2;1-2/h1-4,7,12H,5,10H2;3-5H2,1-2H3,(H3,7,8,9);3H2,1-2H3;1-2H3. The van der Waals surface area contributed by atoms with Gasteiger partial charge < -0.3 is 21.9 Å². The molecule has 0 fully saturated rings. The highest BCUT2D eigenvalue weighted by Crippen LogP contribution is 2.25. The molecule has 156 valence electrons. The molecule has 0 radical (unpaired) electrons. The first-order valence-electron chi connectivity index (χ1n) is 9.73. The number of nitrogens with one attached hydrogen (secondary N) is 1. The molecule has 1 heterocycles. The van der Waals surface area contributed by atoms with E-state index in [0.717, 1.165) is 23.2 Å². The minimum absolute atomic E-state index is 0.222.